The fourth-order valence-electron chi connectivity index (χ4n) is 1.77. The minimum absolute atomic E-state index is 0.216. The summed E-state index contributed by atoms with van der Waals surface area (Å²) in [5.41, 5.74) is 1.02. The van der Waals surface area contributed by atoms with Crippen molar-refractivity contribution in [2.75, 3.05) is 11.9 Å². The van der Waals surface area contributed by atoms with Crippen molar-refractivity contribution in [3.8, 4) is 0 Å². The summed E-state index contributed by atoms with van der Waals surface area (Å²) in [6, 6.07) is 8.55. The highest BCUT2D eigenvalue weighted by Gasteiger charge is 2.05. The third-order valence-electron chi connectivity index (χ3n) is 2.71. The van der Waals surface area contributed by atoms with Crippen molar-refractivity contribution in [3.05, 3.63) is 47.7 Å². The molecule has 0 amide bonds. The molecular formula is C15H18FN3S. The second kappa shape index (κ2) is 7.24. The number of hydrogen-bond donors (Lipinski definition) is 1. The average Bonchev–Trinajstić information content (AvgIpc) is 2.45. The number of aryl methyl sites for hydroxylation is 1. The molecule has 1 aromatic heterocycles. The Labute approximate surface area is 123 Å². The highest BCUT2D eigenvalue weighted by Crippen LogP contribution is 2.22. The van der Waals surface area contributed by atoms with Crippen LogP contribution in [0.2, 0.25) is 0 Å². The maximum absolute atomic E-state index is 13.1. The van der Waals surface area contributed by atoms with Gasteiger partial charge in [-0.3, -0.25) is 0 Å². The molecule has 0 aliphatic rings. The Hall–Kier alpha value is -1.62. The average molecular weight is 291 g/mol. The van der Waals surface area contributed by atoms with Crippen LogP contribution in [0.3, 0.4) is 0 Å². The summed E-state index contributed by atoms with van der Waals surface area (Å²) in [5, 5.41) is 3.21. The molecule has 0 spiro atoms. The predicted octanol–water partition coefficient (Wildman–Crippen LogP) is 3.90. The van der Waals surface area contributed by atoms with Gasteiger partial charge in [0.2, 0.25) is 0 Å². The molecule has 1 N–H and O–H groups in total. The summed E-state index contributed by atoms with van der Waals surface area (Å²) >= 11 is 1.54. The van der Waals surface area contributed by atoms with Crippen LogP contribution in [-0.2, 0) is 12.2 Å². The summed E-state index contributed by atoms with van der Waals surface area (Å²) in [6.45, 7) is 4.94. The Morgan fingerprint density at radius 3 is 2.75 bits per heavy atom. The number of halogens is 1. The summed E-state index contributed by atoms with van der Waals surface area (Å²) in [5.74, 6) is 2.05. The van der Waals surface area contributed by atoms with Gasteiger partial charge < -0.3 is 5.32 Å². The third kappa shape index (κ3) is 4.20. The molecule has 0 aliphatic carbocycles. The fourth-order valence-corrected chi connectivity index (χ4v) is 2.57. The van der Waals surface area contributed by atoms with Crippen molar-refractivity contribution < 1.29 is 4.39 Å². The van der Waals surface area contributed by atoms with E-state index in [0.29, 0.717) is 5.75 Å². The number of hydrogen-bond acceptors (Lipinski definition) is 4. The van der Waals surface area contributed by atoms with Gasteiger partial charge in [-0.15, -0.1) is 11.8 Å². The Bertz CT molecular complexity index is 575. The molecule has 0 saturated carbocycles. The zero-order chi connectivity index (χ0) is 14.4. The quantitative estimate of drug-likeness (QED) is 0.819. The van der Waals surface area contributed by atoms with Gasteiger partial charge in [-0.25, -0.2) is 14.4 Å². The highest BCUT2D eigenvalue weighted by molar-refractivity contribution is 7.98. The number of benzene rings is 1. The summed E-state index contributed by atoms with van der Waals surface area (Å²) < 4.78 is 13.1. The smallest absolute Gasteiger partial charge is 0.141 e. The predicted molar refractivity (Wildman–Crippen MR) is 81.5 cm³/mol. The van der Waals surface area contributed by atoms with Crippen LogP contribution in [0.1, 0.15) is 25.4 Å². The van der Waals surface area contributed by atoms with E-state index in [9.17, 15) is 4.39 Å². The van der Waals surface area contributed by atoms with Crippen molar-refractivity contribution >= 4 is 17.6 Å². The molecule has 2 rings (SSSR count). The van der Waals surface area contributed by atoms with Gasteiger partial charge in [0.05, 0.1) is 5.75 Å². The molecule has 3 nitrogen and oxygen atoms in total. The molecule has 1 heterocycles. The molecule has 0 atom stereocenters. The summed E-state index contributed by atoms with van der Waals surface area (Å²) in [7, 11) is 0. The van der Waals surface area contributed by atoms with Gasteiger partial charge in [0.25, 0.3) is 0 Å². The number of anilines is 1. The highest BCUT2D eigenvalue weighted by atomic mass is 32.2. The molecule has 20 heavy (non-hydrogen) atoms. The van der Waals surface area contributed by atoms with Crippen LogP contribution in [0.15, 0.2) is 35.2 Å². The molecule has 5 heteroatoms. The maximum atomic E-state index is 13.1. The lowest BCUT2D eigenvalue weighted by Gasteiger charge is -2.08. The molecule has 0 radical (unpaired) electrons. The van der Waals surface area contributed by atoms with Crippen molar-refractivity contribution in [1.29, 1.82) is 0 Å². The third-order valence-corrected chi connectivity index (χ3v) is 3.70. The van der Waals surface area contributed by atoms with Gasteiger partial charge in [0.1, 0.15) is 17.5 Å². The SMILES string of the molecule is CCNc1cc(CC)nc(CSc2cccc(F)c2)n1. The first-order chi connectivity index (χ1) is 9.71. The van der Waals surface area contributed by atoms with E-state index in [1.807, 2.05) is 19.1 Å². The van der Waals surface area contributed by atoms with Crippen molar-refractivity contribution in [3.63, 3.8) is 0 Å². The van der Waals surface area contributed by atoms with Crippen LogP contribution >= 0.6 is 11.8 Å². The standard InChI is InChI=1S/C15H18FN3S/c1-3-12-9-14(17-4-2)19-15(18-12)10-20-13-7-5-6-11(16)8-13/h5-9H,3-4,10H2,1-2H3,(H,17,18,19). The molecule has 0 saturated heterocycles. The number of aromatic nitrogens is 2. The van der Waals surface area contributed by atoms with Crippen molar-refractivity contribution in [2.45, 2.75) is 30.9 Å². The van der Waals surface area contributed by atoms with Gasteiger partial charge >= 0.3 is 0 Å². The van der Waals surface area contributed by atoms with Crippen LogP contribution in [0.25, 0.3) is 0 Å². The van der Waals surface area contributed by atoms with E-state index in [2.05, 4.69) is 22.2 Å². The Morgan fingerprint density at radius 1 is 1.20 bits per heavy atom. The van der Waals surface area contributed by atoms with Crippen LogP contribution in [0, 0.1) is 5.82 Å². The van der Waals surface area contributed by atoms with Crippen molar-refractivity contribution in [1.82, 2.24) is 9.97 Å². The van der Waals surface area contributed by atoms with Gasteiger partial charge in [-0.2, -0.15) is 0 Å². The summed E-state index contributed by atoms with van der Waals surface area (Å²) in [4.78, 5) is 9.87. The maximum Gasteiger partial charge on any atom is 0.141 e. The molecule has 0 bridgehead atoms. The van der Waals surface area contributed by atoms with Gasteiger partial charge in [0, 0.05) is 23.2 Å². The molecule has 0 unspecified atom stereocenters. The Kier molecular flexibility index (Phi) is 5.35. The molecule has 106 valence electrons. The number of thioether (sulfide) groups is 1. The number of rotatable bonds is 6. The monoisotopic (exact) mass is 291 g/mol. The van der Waals surface area contributed by atoms with E-state index in [-0.39, 0.29) is 5.82 Å². The van der Waals surface area contributed by atoms with E-state index in [4.69, 9.17) is 0 Å². The van der Waals surface area contributed by atoms with Gasteiger partial charge in [0.15, 0.2) is 0 Å². The lowest BCUT2D eigenvalue weighted by molar-refractivity contribution is 0.624. The normalized spacial score (nSPS) is 10.6. The Balaban J connectivity index is 2.10. The largest absolute Gasteiger partial charge is 0.370 e. The minimum Gasteiger partial charge on any atom is -0.370 e. The van der Waals surface area contributed by atoms with E-state index in [1.165, 1.54) is 12.1 Å². The lowest BCUT2D eigenvalue weighted by Crippen LogP contribution is -2.05. The van der Waals surface area contributed by atoms with Crippen LogP contribution in [-0.4, -0.2) is 16.5 Å². The van der Waals surface area contributed by atoms with E-state index in [0.717, 1.165) is 35.2 Å². The first kappa shape index (κ1) is 14.8. The van der Waals surface area contributed by atoms with Gasteiger partial charge in [-0.05, 0) is 31.5 Å². The Morgan fingerprint density at radius 2 is 2.05 bits per heavy atom. The molecule has 0 aliphatic heterocycles. The minimum atomic E-state index is -0.216. The van der Waals surface area contributed by atoms with Crippen LogP contribution in [0.5, 0.6) is 0 Å². The topological polar surface area (TPSA) is 37.8 Å². The molecule has 2 aromatic rings. The van der Waals surface area contributed by atoms with E-state index in [1.54, 1.807) is 17.8 Å². The second-order valence-corrected chi connectivity index (χ2v) is 5.34. The first-order valence-corrected chi connectivity index (χ1v) is 7.69. The zero-order valence-electron chi connectivity index (χ0n) is 11.7. The van der Waals surface area contributed by atoms with Crippen LogP contribution in [0.4, 0.5) is 10.2 Å². The lowest BCUT2D eigenvalue weighted by atomic mass is 10.3. The molecule has 1 aromatic carbocycles. The molecular weight excluding hydrogens is 273 g/mol. The number of nitrogens with zero attached hydrogens (tertiary/aromatic N) is 2. The molecule has 0 fully saturated rings. The van der Waals surface area contributed by atoms with Crippen LogP contribution < -0.4 is 5.32 Å². The first-order valence-electron chi connectivity index (χ1n) is 6.70. The fraction of sp³-hybridized carbons (Fsp3) is 0.333. The zero-order valence-corrected chi connectivity index (χ0v) is 12.5. The summed E-state index contributed by atoms with van der Waals surface area (Å²) in [6.07, 6.45) is 0.874. The van der Waals surface area contributed by atoms with Gasteiger partial charge in [-0.1, -0.05) is 13.0 Å². The van der Waals surface area contributed by atoms with E-state index < -0.39 is 0 Å². The van der Waals surface area contributed by atoms with E-state index >= 15 is 0 Å². The van der Waals surface area contributed by atoms with Crippen molar-refractivity contribution in [2.24, 2.45) is 0 Å². The number of nitrogens with one attached hydrogen (secondary N) is 1. The second-order valence-electron chi connectivity index (χ2n) is 4.29.